The van der Waals surface area contributed by atoms with Crippen LogP contribution < -0.4 is 10.2 Å². The number of aryl methyl sites for hydroxylation is 1. The van der Waals surface area contributed by atoms with Gasteiger partial charge < -0.3 is 10.2 Å². The molecule has 2 aromatic rings. The molecule has 3 heterocycles. The number of piperazine rings is 1. The number of aromatic nitrogens is 4. The van der Waals surface area contributed by atoms with Gasteiger partial charge in [0, 0.05) is 56.4 Å². The van der Waals surface area contributed by atoms with Gasteiger partial charge in [-0.3, -0.25) is 10.00 Å². The Morgan fingerprint density at radius 3 is 2.65 bits per heavy atom. The third-order valence-corrected chi connectivity index (χ3v) is 4.28. The molecule has 0 spiro atoms. The second-order valence-electron chi connectivity index (χ2n) is 5.93. The van der Waals surface area contributed by atoms with Crippen molar-refractivity contribution in [1.82, 2.24) is 30.4 Å². The minimum absolute atomic E-state index is 0.851. The van der Waals surface area contributed by atoms with Gasteiger partial charge in [0.25, 0.3) is 0 Å². The van der Waals surface area contributed by atoms with Crippen molar-refractivity contribution in [3.63, 3.8) is 0 Å². The summed E-state index contributed by atoms with van der Waals surface area (Å²) in [6.45, 7) is 9.30. The highest BCUT2D eigenvalue weighted by Gasteiger charge is 2.17. The maximum absolute atomic E-state index is 4.32. The van der Waals surface area contributed by atoms with E-state index in [1.54, 1.807) is 0 Å². The maximum atomic E-state index is 4.32. The molecule has 3 rings (SSSR count). The van der Waals surface area contributed by atoms with E-state index < -0.39 is 0 Å². The van der Waals surface area contributed by atoms with Crippen molar-refractivity contribution in [1.29, 1.82) is 0 Å². The SMILES string of the molecule is Cc1[nH]ncc1CNCCCN1CCN(c2ncccn2)CC1. The fourth-order valence-electron chi connectivity index (χ4n) is 2.83. The normalized spacial score (nSPS) is 16.0. The van der Waals surface area contributed by atoms with E-state index in [-0.39, 0.29) is 0 Å². The van der Waals surface area contributed by atoms with Crippen LogP contribution >= 0.6 is 0 Å². The summed E-state index contributed by atoms with van der Waals surface area (Å²) in [6.07, 6.45) is 6.68. The van der Waals surface area contributed by atoms with E-state index >= 15 is 0 Å². The van der Waals surface area contributed by atoms with E-state index in [9.17, 15) is 0 Å². The minimum atomic E-state index is 0.851. The van der Waals surface area contributed by atoms with Crippen LogP contribution in [0.1, 0.15) is 17.7 Å². The van der Waals surface area contributed by atoms with Gasteiger partial charge in [-0.15, -0.1) is 0 Å². The Balaban J connectivity index is 1.30. The van der Waals surface area contributed by atoms with Gasteiger partial charge in [0.05, 0.1) is 6.20 Å². The van der Waals surface area contributed by atoms with Crippen molar-refractivity contribution in [2.24, 2.45) is 0 Å². The predicted octanol–water partition coefficient (Wildman–Crippen LogP) is 0.810. The number of H-pyrrole nitrogens is 1. The lowest BCUT2D eigenvalue weighted by Crippen LogP contribution is -2.47. The van der Waals surface area contributed by atoms with Crippen molar-refractivity contribution < 1.29 is 0 Å². The summed E-state index contributed by atoms with van der Waals surface area (Å²) in [4.78, 5) is 13.4. The van der Waals surface area contributed by atoms with Crippen LogP contribution in [0.3, 0.4) is 0 Å². The van der Waals surface area contributed by atoms with Crippen LogP contribution in [0.5, 0.6) is 0 Å². The Morgan fingerprint density at radius 1 is 1.17 bits per heavy atom. The molecule has 0 unspecified atom stereocenters. The number of anilines is 1. The molecule has 0 aromatic carbocycles. The summed E-state index contributed by atoms with van der Waals surface area (Å²) in [5.74, 6) is 0.851. The molecule has 124 valence electrons. The Hall–Kier alpha value is -1.99. The van der Waals surface area contributed by atoms with E-state index in [1.165, 1.54) is 12.0 Å². The zero-order valence-corrected chi connectivity index (χ0v) is 13.7. The van der Waals surface area contributed by atoms with Crippen molar-refractivity contribution in [2.45, 2.75) is 19.9 Å². The van der Waals surface area contributed by atoms with Crippen LogP contribution in [0.15, 0.2) is 24.7 Å². The number of nitrogens with one attached hydrogen (secondary N) is 2. The molecule has 7 heteroatoms. The van der Waals surface area contributed by atoms with E-state index in [1.807, 2.05) is 24.7 Å². The second kappa shape index (κ2) is 8.03. The molecule has 0 radical (unpaired) electrons. The topological polar surface area (TPSA) is 73.0 Å². The summed E-state index contributed by atoms with van der Waals surface area (Å²) < 4.78 is 0. The molecular weight excluding hydrogens is 290 g/mol. The Bertz CT molecular complexity index is 575. The average Bonchev–Trinajstić information content (AvgIpc) is 3.01. The van der Waals surface area contributed by atoms with Crippen LogP contribution in [0.2, 0.25) is 0 Å². The van der Waals surface area contributed by atoms with Crippen LogP contribution in [0.4, 0.5) is 5.95 Å². The van der Waals surface area contributed by atoms with Gasteiger partial charge in [-0.1, -0.05) is 0 Å². The molecule has 1 saturated heterocycles. The molecule has 0 bridgehead atoms. The quantitative estimate of drug-likeness (QED) is 0.737. The standard InChI is InChI=1S/C16H25N7/c1-14-15(13-20-21-14)12-17-4-3-7-22-8-10-23(11-9-22)16-18-5-2-6-19-16/h2,5-6,13,17H,3-4,7-12H2,1H3,(H,20,21). The van der Waals surface area contributed by atoms with E-state index in [0.717, 1.165) is 57.5 Å². The summed E-state index contributed by atoms with van der Waals surface area (Å²) in [6, 6.07) is 1.86. The molecule has 2 N–H and O–H groups in total. The monoisotopic (exact) mass is 315 g/mol. The molecule has 1 aliphatic rings. The summed E-state index contributed by atoms with van der Waals surface area (Å²) in [7, 11) is 0. The van der Waals surface area contributed by atoms with Crippen molar-refractivity contribution >= 4 is 5.95 Å². The Morgan fingerprint density at radius 2 is 1.96 bits per heavy atom. The first-order valence-electron chi connectivity index (χ1n) is 8.27. The number of hydrogen-bond acceptors (Lipinski definition) is 6. The number of aromatic amines is 1. The molecule has 0 atom stereocenters. The second-order valence-corrected chi connectivity index (χ2v) is 5.93. The van der Waals surface area contributed by atoms with Crippen LogP contribution in [0, 0.1) is 6.92 Å². The van der Waals surface area contributed by atoms with Crippen LogP contribution in [-0.4, -0.2) is 64.3 Å². The molecule has 23 heavy (non-hydrogen) atoms. The summed E-state index contributed by atoms with van der Waals surface area (Å²) in [5.41, 5.74) is 2.40. The molecule has 0 aliphatic carbocycles. The lowest BCUT2D eigenvalue weighted by molar-refractivity contribution is 0.252. The minimum Gasteiger partial charge on any atom is -0.338 e. The van der Waals surface area contributed by atoms with E-state index in [2.05, 4.69) is 42.2 Å². The van der Waals surface area contributed by atoms with Gasteiger partial charge in [-0.25, -0.2) is 9.97 Å². The molecule has 1 fully saturated rings. The molecule has 1 aliphatic heterocycles. The number of rotatable bonds is 7. The van der Waals surface area contributed by atoms with Crippen LogP contribution in [-0.2, 0) is 6.54 Å². The Labute approximate surface area is 137 Å². The fourth-order valence-corrected chi connectivity index (χ4v) is 2.83. The predicted molar refractivity (Wildman–Crippen MR) is 90.3 cm³/mol. The lowest BCUT2D eigenvalue weighted by Gasteiger charge is -2.34. The first-order chi connectivity index (χ1) is 11.3. The average molecular weight is 315 g/mol. The largest absolute Gasteiger partial charge is 0.338 e. The fraction of sp³-hybridized carbons (Fsp3) is 0.562. The lowest BCUT2D eigenvalue weighted by atomic mass is 10.2. The Kier molecular flexibility index (Phi) is 5.55. The zero-order valence-electron chi connectivity index (χ0n) is 13.7. The molecule has 0 saturated carbocycles. The van der Waals surface area contributed by atoms with E-state index in [0.29, 0.717) is 0 Å². The summed E-state index contributed by atoms with van der Waals surface area (Å²) in [5, 5.41) is 10.5. The van der Waals surface area contributed by atoms with Gasteiger partial charge in [0.1, 0.15) is 0 Å². The number of hydrogen-bond donors (Lipinski definition) is 2. The third kappa shape index (κ3) is 4.49. The van der Waals surface area contributed by atoms with E-state index in [4.69, 9.17) is 0 Å². The van der Waals surface area contributed by atoms with Gasteiger partial charge in [-0.05, 0) is 32.5 Å². The van der Waals surface area contributed by atoms with Gasteiger partial charge in [-0.2, -0.15) is 5.10 Å². The molecule has 0 amide bonds. The molecule has 7 nitrogen and oxygen atoms in total. The van der Waals surface area contributed by atoms with Crippen molar-refractivity contribution in [2.75, 3.05) is 44.2 Å². The zero-order chi connectivity index (χ0) is 15.9. The highest BCUT2D eigenvalue weighted by molar-refractivity contribution is 5.29. The third-order valence-electron chi connectivity index (χ3n) is 4.28. The van der Waals surface area contributed by atoms with Crippen LogP contribution in [0.25, 0.3) is 0 Å². The van der Waals surface area contributed by atoms with Crippen molar-refractivity contribution in [3.05, 3.63) is 35.9 Å². The first kappa shape index (κ1) is 15.9. The van der Waals surface area contributed by atoms with Crippen molar-refractivity contribution in [3.8, 4) is 0 Å². The molecular formula is C16H25N7. The molecule has 2 aromatic heterocycles. The smallest absolute Gasteiger partial charge is 0.225 e. The first-order valence-corrected chi connectivity index (χ1v) is 8.27. The number of nitrogens with zero attached hydrogens (tertiary/aromatic N) is 5. The van der Waals surface area contributed by atoms with Gasteiger partial charge in [0.2, 0.25) is 5.95 Å². The van der Waals surface area contributed by atoms with Gasteiger partial charge in [0.15, 0.2) is 0 Å². The highest BCUT2D eigenvalue weighted by Crippen LogP contribution is 2.09. The maximum Gasteiger partial charge on any atom is 0.225 e. The summed E-state index contributed by atoms with van der Waals surface area (Å²) >= 11 is 0. The highest BCUT2D eigenvalue weighted by atomic mass is 15.3. The van der Waals surface area contributed by atoms with Gasteiger partial charge >= 0.3 is 0 Å².